The third-order valence-electron chi connectivity index (χ3n) is 2.55. The first kappa shape index (κ1) is 14.7. The molecule has 0 aliphatic heterocycles. The fraction of sp³-hybridized carbons (Fsp3) is 0.500. The molecule has 1 aromatic carbocycles. The molecule has 1 aromatic rings. The maximum absolute atomic E-state index is 11.0. The fourth-order valence-electron chi connectivity index (χ4n) is 1.65. The van der Waals surface area contributed by atoms with E-state index in [1.165, 1.54) is 0 Å². The SMILES string of the molecule is CCCOCCCNCc1ccccc1C(=O)O. The first-order valence-corrected chi connectivity index (χ1v) is 6.35. The van der Waals surface area contributed by atoms with Crippen LogP contribution in [0, 0.1) is 0 Å². The maximum atomic E-state index is 11.0. The van der Waals surface area contributed by atoms with Gasteiger partial charge in [0.05, 0.1) is 5.56 Å². The molecule has 4 nitrogen and oxygen atoms in total. The van der Waals surface area contributed by atoms with Crippen molar-refractivity contribution < 1.29 is 14.6 Å². The highest BCUT2D eigenvalue weighted by Gasteiger charge is 2.07. The van der Waals surface area contributed by atoms with Gasteiger partial charge in [-0.15, -0.1) is 0 Å². The molecule has 18 heavy (non-hydrogen) atoms. The number of aromatic carboxylic acids is 1. The van der Waals surface area contributed by atoms with E-state index in [0.717, 1.165) is 38.2 Å². The number of carboxylic acids is 1. The molecule has 0 amide bonds. The minimum absolute atomic E-state index is 0.368. The summed E-state index contributed by atoms with van der Waals surface area (Å²) < 4.78 is 5.36. The molecule has 0 heterocycles. The first-order valence-electron chi connectivity index (χ1n) is 6.35. The monoisotopic (exact) mass is 251 g/mol. The highest BCUT2D eigenvalue weighted by Crippen LogP contribution is 2.08. The number of benzene rings is 1. The van der Waals surface area contributed by atoms with Gasteiger partial charge >= 0.3 is 5.97 Å². The van der Waals surface area contributed by atoms with Crippen LogP contribution in [-0.4, -0.2) is 30.8 Å². The molecule has 0 unspecified atom stereocenters. The zero-order chi connectivity index (χ0) is 13.2. The second-order valence-electron chi connectivity index (χ2n) is 4.11. The molecule has 0 saturated carbocycles. The second kappa shape index (κ2) is 8.66. The van der Waals surface area contributed by atoms with Crippen LogP contribution in [0.25, 0.3) is 0 Å². The summed E-state index contributed by atoms with van der Waals surface area (Å²) in [6.07, 6.45) is 1.98. The molecule has 100 valence electrons. The van der Waals surface area contributed by atoms with Crippen molar-refractivity contribution >= 4 is 5.97 Å². The molecule has 0 aliphatic rings. The van der Waals surface area contributed by atoms with Crippen LogP contribution in [-0.2, 0) is 11.3 Å². The molecular weight excluding hydrogens is 230 g/mol. The Hall–Kier alpha value is -1.39. The molecule has 0 bridgehead atoms. The van der Waals surface area contributed by atoms with Crippen LogP contribution < -0.4 is 5.32 Å². The normalized spacial score (nSPS) is 10.5. The number of rotatable bonds is 9. The lowest BCUT2D eigenvalue weighted by atomic mass is 10.1. The van der Waals surface area contributed by atoms with Gasteiger partial charge in [-0.05, 0) is 31.0 Å². The lowest BCUT2D eigenvalue weighted by Crippen LogP contribution is -2.18. The van der Waals surface area contributed by atoms with Crippen LogP contribution in [0.1, 0.15) is 35.7 Å². The maximum Gasteiger partial charge on any atom is 0.336 e. The van der Waals surface area contributed by atoms with Crippen LogP contribution in [0.2, 0.25) is 0 Å². The van der Waals surface area contributed by atoms with Gasteiger partial charge in [-0.3, -0.25) is 0 Å². The minimum Gasteiger partial charge on any atom is -0.478 e. The second-order valence-corrected chi connectivity index (χ2v) is 4.11. The molecule has 0 saturated heterocycles. The van der Waals surface area contributed by atoms with Crippen molar-refractivity contribution in [1.29, 1.82) is 0 Å². The minimum atomic E-state index is -0.876. The quantitative estimate of drug-likeness (QED) is 0.661. The van der Waals surface area contributed by atoms with Gasteiger partial charge in [-0.1, -0.05) is 25.1 Å². The van der Waals surface area contributed by atoms with Crippen molar-refractivity contribution in [3.05, 3.63) is 35.4 Å². The van der Waals surface area contributed by atoms with Crippen LogP contribution in [0.3, 0.4) is 0 Å². The standard InChI is InChI=1S/C14H21NO3/c1-2-9-18-10-5-8-15-11-12-6-3-4-7-13(12)14(16)17/h3-4,6-7,15H,2,5,8-11H2,1H3,(H,16,17). The number of carboxylic acid groups (broad SMARTS) is 1. The van der Waals surface area contributed by atoms with E-state index in [2.05, 4.69) is 12.2 Å². The Balaban J connectivity index is 2.25. The van der Waals surface area contributed by atoms with Gasteiger partial charge in [-0.2, -0.15) is 0 Å². The molecule has 2 N–H and O–H groups in total. The van der Waals surface area contributed by atoms with E-state index in [9.17, 15) is 4.79 Å². The number of ether oxygens (including phenoxy) is 1. The van der Waals surface area contributed by atoms with Crippen LogP contribution in [0.15, 0.2) is 24.3 Å². The lowest BCUT2D eigenvalue weighted by molar-refractivity contribution is 0.0695. The summed E-state index contributed by atoms with van der Waals surface area (Å²) in [4.78, 5) is 11.0. The summed E-state index contributed by atoms with van der Waals surface area (Å²) in [6.45, 7) is 5.05. The van der Waals surface area contributed by atoms with Gasteiger partial charge in [-0.25, -0.2) is 4.79 Å². The number of hydrogen-bond donors (Lipinski definition) is 2. The Morgan fingerprint density at radius 1 is 1.33 bits per heavy atom. The number of nitrogens with one attached hydrogen (secondary N) is 1. The summed E-state index contributed by atoms with van der Waals surface area (Å²) in [5.74, 6) is -0.876. The van der Waals surface area contributed by atoms with E-state index < -0.39 is 5.97 Å². The Labute approximate surface area is 108 Å². The van der Waals surface area contributed by atoms with Gasteiger partial charge in [0.1, 0.15) is 0 Å². The molecule has 0 aliphatic carbocycles. The summed E-state index contributed by atoms with van der Waals surface area (Å²) in [7, 11) is 0. The number of carbonyl (C=O) groups is 1. The summed E-state index contributed by atoms with van der Waals surface area (Å²) in [6, 6.07) is 7.06. The van der Waals surface area contributed by atoms with E-state index in [-0.39, 0.29) is 0 Å². The van der Waals surface area contributed by atoms with E-state index >= 15 is 0 Å². The Kier molecular flexibility index (Phi) is 7.06. The van der Waals surface area contributed by atoms with Crippen molar-refractivity contribution in [2.45, 2.75) is 26.3 Å². The van der Waals surface area contributed by atoms with Crippen molar-refractivity contribution in [2.24, 2.45) is 0 Å². The zero-order valence-corrected chi connectivity index (χ0v) is 10.8. The van der Waals surface area contributed by atoms with Crippen molar-refractivity contribution in [3.8, 4) is 0 Å². The third kappa shape index (κ3) is 5.29. The topological polar surface area (TPSA) is 58.6 Å². The molecule has 0 radical (unpaired) electrons. The third-order valence-corrected chi connectivity index (χ3v) is 2.55. The molecule has 0 atom stereocenters. The van der Waals surface area contributed by atoms with Crippen LogP contribution in [0.5, 0.6) is 0 Å². The predicted octanol–water partition coefficient (Wildman–Crippen LogP) is 2.29. The van der Waals surface area contributed by atoms with Crippen molar-refractivity contribution in [1.82, 2.24) is 5.32 Å². The lowest BCUT2D eigenvalue weighted by Gasteiger charge is -2.08. The van der Waals surface area contributed by atoms with Crippen LogP contribution >= 0.6 is 0 Å². The molecule has 0 spiro atoms. The van der Waals surface area contributed by atoms with E-state index in [4.69, 9.17) is 9.84 Å². The average molecular weight is 251 g/mol. The van der Waals surface area contributed by atoms with Crippen molar-refractivity contribution in [2.75, 3.05) is 19.8 Å². The zero-order valence-electron chi connectivity index (χ0n) is 10.8. The smallest absolute Gasteiger partial charge is 0.336 e. The average Bonchev–Trinajstić information content (AvgIpc) is 2.38. The van der Waals surface area contributed by atoms with E-state index in [1.54, 1.807) is 12.1 Å². The van der Waals surface area contributed by atoms with Crippen molar-refractivity contribution in [3.63, 3.8) is 0 Å². The Morgan fingerprint density at radius 2 is 2.11 bits per heavy atom. The van der Waals surface area contributed by atoms with Gasteiger partial charge in [0.2, 0.25) is 0 Å². The highest BCUT2D eigenvalue weighted by molar-refractivity contribution is 5.89. The summed E-state index contributed by atoms with van der Waals surface area (Å²) in [5.41, 5.74) is 1.19. The highest BCUT2D eigenvalue weighted by atomic mass is 16.5. The molecule has 4 heteroatoms. The van der Waals surface area contributed by atoms with Crippen LogP contribution in [0.4, 0.5) is 0 Å². The van der Waals surface area contributed by atoms with Gasteiger partial charge < -0.3 is 15.2 Å². The molecular formula is C14H21NO3. The summed E-state index contributed by atoms with van der Waals surface area (Å²) in [5, 5.41) is 12.2. The first-order chi connectivity index (χ1) is 8.75. The Bertz CT molecular complexity index is 366. The van der Waals surface area contributed by atoms with E-state index in [1.807, 2.05) is 12.1 Å². The predicted molar refractivity (Wildman–Crippen MR) is 70.8 cm³/mol. The van der Waals surface area contributed by atoms with Gasteiger partial charge in [0.25, 0.3) is 0 Å². The molecule has 0 fully saturated rings. The fourth-order valence-corrected chi connectivity index (χ4v) is 1.65. The molecule has 0 aromatic heterocycles. The van der Waals surface area contributed by atoms with Gasteiger partial charge in [0.15, 0.2) is 0 Å². The van der Waals surface area contributed by atoms with Gasteiger partial charge in [0, 0.05) is 19.8 Å². The summed E-state index contributed by atoms with van der Waals surface area (Å²) >= 11 is 0. The largest absolute Gasteiger partial charge is 0.478 e. The van der Waals surface area contributed by atoms with E-state index in [0.29, 0.717) is 12.1 Å². The molecule has 1 rings (SSSR count). The Morgan fingerprint density at radius 3 is 2.83 bits per heavy atom. The number of hydrogen-bond acceptors (Lipinski definition) is 3.